The predicted molar refractivity (Wildman–Crippen MR) is 91.4 cm³/mol. The number of nitrogens with zero attached hydrogens (tertiary/aromatic N) is 1. The number of hydrogen-bond acceptors (Lipinski definition) is 5. The Morgan fingerprint density at radius 1 is 0.880 bits per heavy atom. The van der Waals surface area contributed by atoms with Crippen LogP contribution in [0.1, 0.15) is 45.2 Å². The number of rotatable bonds is 1. The van der Waals surface area contributed by atoms with Crippen LogP contribution in [0.3, 0.4) is 0 Å². The number of allylic oxidation sites excluding steroid dienone is 2. The summed E-state index contributed by atoms with van der Waals surface area (Å²) in [6.07, 6.45) is 0.271. The van der Waals surface area contributed by atoms with Gasteiger partial charge in [-0.15, -0.1) is 0 Å². The third-order valence-corrected chi connectivity index (χ3v) is 4.36. The maximum atomic E-state index is 12.8. The van der Waals surface area contributed by atoms with Crippen LogP contribution in [-0.4, -0.2) is 23.2 Å². The summed E-state index contributed by atoms with van der Waals surface area (Å²) >= 11 is 0. The van der Waals surface area contributed by atoms with Crippen molar-refractivity contribution >= 4 is 28.8 Å². The van der Waals surface area contributed by atoms with Crippen molar-refractivity contribution in [2.24, 2.45) is 5.16 Å². The lowest BCUT2D eigenvalue weighted by Gasteiger charge is -2.03. The van der Waals surface area contributed by atoms with Gasteiger partial charge in [0.2, 0.25) is 0 Å². The maximum absolute atomic E-state index is 12.8. The fourth-order valence-corrected chi connectivity index (χ4v) is 3.31. The number of fused-ring (bicyclic) bond motifs is 2. The molecule has 0 aromatic heterocycles. The summed E-state index contributed by atoms with van der Waals surface area (Å²) in [6.45, 7) is 1.27. The van der Waals surface area contributed by atoms with Crippen LogP contribution in [0.5, 0.6) is 0 Å². The summed E-state index contributed by atoms with van der Waals surface area (Å²) in [5.41, 5.74) is 3.75. The first-order valence-corrected chi connectivity index (χ1v) is 7.83. The van der Waals surface area contributed by atoms with Gasteiger partial charge in [-0.25, -0.2) is 4.79 Å². The molecule has 2 aliphatic carbocycles. The van der Waals surface area contributed by atoms with Crippen LogP contribution in [0.2, 0.25) is 0 Å². The number of oxime groups is 1. The van der Waals surface area contributed by atoms with Gasteiger partial charge in [-0.3, -0.25) is 9.59 Å². The van der Waals surface area contributed by atoms with E-state index in [4.69, 9.17) is 4.84 Å². The zero-order chi connectivity index (χ0) is 17.6. The van der Waals surface area contributed by atoms with Crippen molar-refractivity contribution in [1.82, 2.24) is 0 Å². The molecule has 0 aliphatic heterocycles. The maximum Gasteiger partial charge on any atom is 0.331 e. The standard InChI is InChI=1S/C20H13NO4/c1-11(22)25-21-17-10-16(12-6-2-3-7-13(12)17)18-19(23)14-8-4-5-9-15(14)20(18)24/h2-9H,10H2,1H3. The van der Waals surface area contributed by atoms with Crippen LogP contribution in [0.25, 0.3) is 5.57 Å². The molecule has 2 aromatic rings. The lowest BCUT2D eigenvalue weighted by atomic mass is 9.98. The van der Waals surface area contributed by atoms with Crippen molar-refractivity contribution in [3.8, 4) is 0 Å². The first kappa shape index (κ1) is 15.2. The van der Waals surface area contributed by atoms with E-state index >= 15 is 0 Å². The molecule has 0 radical (unpaired) electrons. The Balaban J connectivity index is 1.89. The van der Waals surface area contributed by atoms with E-state index in [-0.39, 0.29) is 23.6 Å². The van der Waals surface area contributed by atoms with Crippen molar-refractivity contribution in [3.63, 3.8) is 0 Å². The van der Waals surface area contributed by atoms with Crippen molar-refractivity contribution < 1.29 is 19.2 Å². The van der Waals surface area contributed by atoms with E-state index in [9.17, 15) is 14.4 Å². The minimum absolute atomic E-state index is 0.182. The van der Waals surface area contributed by atoms with E-state index < -0.39 is 5.97 Å². The predicted octanol–water partition coefficient (Wildman–Crippen LogP) is 3.19. The fraction of sp³-hybridized carbons (Fsp3) is 0.100. The molecule has 0 spiro atoms. The van der Waals surface area contributed by atoms with Crippen LogP contribution >= 0.6 is 0 Å². The second-order valence-corrected chi connectivity index (χ2v) is 5.90. The first-order valence-electron chi connectivity index (χ1n) is 7.83. The van der Waals surface area contributed by atoms with Crippen molar-refractivity contribution in [1.29, 1.82) is 0 Å². The summed E-state index contributed by atoms with van der Waals surface area (Å²) in [5, 5.41) is 3.90. The molecule has 5 nitrogen and oxygen atoms in total. The minimum Gasteiger partial charge on any atom is -0.318 e. The molecular formula is C20H13NO4. The third kappa shape index (κ3) is 2.32. The minimum atomic E-state index is -0.522. The average Bonchev–Trinajstić information content (AvgIpc) is 3.10. The third-order valence-electron chi connectivity index (χ3n) is 4.36. The molecule has 0 unspecified atom stereocenters. The second-order valence-electron chi connectivity index (χ2n) is 5.90. The number of ketones is 2. The first-order chi connectivity index (χ1) is 12.1. The molecule has 0 saturated carbocycles. The van der Waals surface area contributed by atoms with Gasteiger partial charge < -0.3 is 4.84 Å². The molecule has 0 heterocycles. The van der Waals surface area contributed by atoms with Crippen LogP contribution < -0.4 is 0 Å². The lowest BCUT2D eigenvalue weighted by molar-refractivity contribution is -0.140. The Kier molecular flexibility index (Phi) is 3.42. The molecule has 2 aliphatic rings. The van der Waals surface area contributed by atoms with E-state index in [0.717, 1.165) is 11.1 Å². The molecule has 0 fully saturated rings. The number of Topliss-reactive ketones (excluding diaryl/α,β-unsaturated/α-hetero) is 2. The van der Waals surface area contributed by atoms with E-state index in [2.05, 4.69) is 5.16 Å². The highest BCUT2D eigenvalue weighted by Crippen LogP contribution is 2.39. The number of carbonyl (C=O) groups is 3. The van der Waals surface area contributed by atoms with Gasteiger partial charge in [-0.2, -0.15) is 0 Å². The summed E-state index contributed by atoms with van der Waals surface area (Å²) in [4.78, 5) is 41.4. The van der Waals surface area contributed by atoms with Gasteiger partial charge >= 0.3 is 5.97 Å². The topological polar surface area (TPSA) is 72.8 Å². The number of hydrogen-bond donors (Lipinski definition) is 0. The van der Waals surface area contributed by atoms with Crippen LogP contribution in [0, 0.1) is 0 Å². The zero-order valence-electron chi connectivity index (χ0n) is 13.4. The highest BCUT2D eigenvalue weighted by atomic mass is 16.7. The van der Waals surface area contributed by atoms with Gasteiger partial charge in [0, 0.05) is 30.0 Å². The number of benzene rings is 2. The normalized spacial score (nSPS) is 17.1. The molecule has 0 bridgehead atoms. The Bertz CT molecular complexity index is 977. The lowest BCUT2D eigenvalue weighted by Crippen LogP contribution is -2.04. The van der Waals surface area contributed by atoms with Gasteiger partial charge in [0.15, 0.2) is 11.6 Å². The van der Waals surface area contributed by atoms with E-state index in [1.807, 2.05) is 24.3 Å². The van der Waals surface area contributed by atoms with Gasteiger partial charge in [-0.05, 0) is 11.1 Å². The van der Waals surface area contributed by atoms with Crippen LogP contribution in [0.15, 0.2) is 59.3 Å². The SMILES string of the molecule is CC(=O)ON=C1CC(=C2C(=O)c3ccccc3C2=O)c2ccccc21. The van der Waals surface area contributed by atoms with Crippen LogP contribution in [-0.2, 0) is 9.63 Å². The smallest absolute Gasteiger partial charge is 0.318 e. The molecule has 0 N–H and O–H groups in total. The monoisotopic (exact) mass is 331 g/mol. The summed E-state index contributed by atoms with van der Waals surface area (Å²) in [7, 11) is 0. The Morgan fingerprint density at radius 3 is 1.96 bits per heavy atom. The summed E-state index contributed by atoms with van der Waals surface area (Å²) < 4.78 is 0. The highest BCUT2D eigenvalue weighted by Gasteiger charge is 2.38. The van der Waals surface area contributed by atoms with Gasteiger partial charge in [0.05, 0.1) is 11.3 Å². The largest absolute Gasteiger partial charge is 0.331 e. The van der Waals surface area contributed by atoms with E-state index in [1.165, 1.54) is 6.92 Å². The Labute approximate surface area is 143 Å². The van der Waals surface area contributed by atoms with Crippen molar-refractivity contribution in [2.75, 3.05) is 0 Å². The zero-order valence-corrected chi connectivity index (χ0v) is 13.4. The Morgan fingerprint density at radius 2 is 1.40 bits per heavy atom. The molecule has 2 aromatic carbocycles. The molecule has 4 rings (SSSR count). The van der Waals surface area contributed by atoms with Gasteiger partial charge in [0.25, 0.3) is 0 Å². The van der Waals surface area contributed by atoms with Gasteiger partial charge in [-0.1, -0.05) is 53.7 Å². The molecule has 0 amide bonds. The van der Waals surface area contributed by atoms with Crippen LogP contribution in [0.4, 0.5) is 0 Å². The molecule has 25 heavy (non-hydrogen) atoms. The number of carbonyl (C=O) groups excluding carboxylic acids is 3. The van der Waals surface area contributed by atoms with E-state index in [0.29, 0.717) is 22.4 Å². The average molecular weight is 331 g/mol. The van der Waals surface area contributed by atoms with Crippen molar-refractivity contribution in [3.05, 3.63) is 76.4 Å². The molecule has 0 saturated heterocycles. The van der Waals surface area contributed by atoms with Crippen molar-refractivity contribution in [2.45, 2.75) is 13.3 Å². The molecule has 122 valence electrons. The second kappa shape index (κ2) is 5.63. The van der Waals surface area contributed by atoms with Gasteiger partial charge in [0.1, 0.15) is 0 Å². The highest BCUT2D eigenvalue weighted by molar-refractivity contribution is 6.43. The molecule has 0 atom stereocenters. The molecular weight excluding hydrogens is 318 g/mol. The summed E-state index contributed by atoms with van der Waals surface area (Å²) in [6, 6.07) is 14.2. The molecule has 5 heteroatoms. The summed E-state index contributed by atoms with van der Waals surface area (Å²) in [5.74, 6) is -1.05. The Hall–Kier alpha value is -3.34. The van der Waals surface area contributed by atoms with E-state index in [1.54, 1.807) is 24.3 Å². The quantitative estimate of drug-likeness (QED) is 0.348. The fourth-order valence-electron chi connectivity index (χ4n) is 3.31.